The van der Waals surface area contributed by atoms with Crippen molar-refractivity contribution in [2.24, 2.45) is 0 Å². The summed E-state index contributed by atoms with van der Waals surface area (Å²) in [6.45, 7) is 5.08. The van der Waals surface area contributed by atoms with Crippen LogP contribution in [0.25, 0.3) is 0 Å². The number of ketones is 1. The van der Waals surface area contributed by atoms with Crippen LogP contribution in [0.1, 0.15) is 39.2 Å². The molecule has 0 bridgehead atoms. The standard InChI is InChI=1S/C12H14N4O2/c1-6-11(7(2)16-15-6)14-12(18)10-4-9(5-13-10)8(3)17/h4-5,13H,1-3H3,(H,14,18)(H,15,16). The first-order valence-electron chi connectivity index (χ1n) is 5.51. The van der Waals surface area contributed by atoms with Gasteiger partial charge in [-0.25, -0.2) is 0 Å². The largest absolute Gasteiger partial charge is 0.356 e. The predicted octanol–water partition coefficient (Wildman–Crippen LogP) is 1.81. The summed E-state index contributed by atoms with van der Waals surface area (Å²) >= 11 is 0. The van der Waals surface area contributed by atoms with Gasteiger partial charge in [0.1, 0.15) is 5.69 Å². The third-order valence-electron chi connectivity index (χ3n) is 2.70. The minimum Gasteiger partial charge on any atom is -0.356 e. The van der Waals surface area contributed by atoms with Crippen LogP contribution in [0.4, 0.5) is 5.69 Å². The SMILES string of the molecule is CC(=O)c1c[nH]c(C(=O)Nc2c(C)n[nH]c2C)c1. The van der Waals surface area contributed by atoms with E-state index >= 15 is 0 Å². The Morgan fingerprint density at radius 2 is 2.06 bits per heavy atom. The highest BCUT2D eigenvalue weighted by molar-refractivity contribution is 6.05. The van der Waals surface area contributed by atoms with Crippen molar-refractivity contribution < 1.29 is 9.59 Å². The summed E-state index contributed by atoms with van der Waals surface area (Å²) in [5.74, 6) is -0.379. The van der Waals surface area contributed by atoms with Gasteiger partial charge >= 0.3 is 0 Å². The van der Waals surface area contributed by atoms with Crippen molar-refractivity contribution in [2.75, 3.05) is 5.32 Å². The van der Waals surface area contributed by atoms with Gasteiger partial charge in [-0.3, -0.25) is 14.7 Å². The van der Waals surface area contributed by atoms with Gasteiger partial charge in [0, 0.05) is 11.8 Å². The Morgan fingerprint density at radius 3 is 2.56 bits per heavy atom. The van der Waals surface area contributed by atoms with Crippen LogP contribution in [0.2, 0.25) is 0 Å². The van der Waals surface area contributed by atoms with E-state index in [-0.39, 0.29) is 11.7 Å². The zero-order chi connectivity index (χ0) is 13.3. The zero-order valence-electron chi connectivity index (χ0n) is 10.4. The van der Waals surface area contributed by atoms with Crippen LogP contribution in [-0.4, -0.2) is 26.9 Å². The van der Waals surface area contributed by atoms with Crippen molar-refractivity contribution in [1.82, 2.24) is 15.2 Å². The van der Waals surface area contributed by atoms with Crippen molar-refractivity contribution in [3.05, 3.63) is 34.9 Å². The fraction of sp³-hybridized carbons (Fsp3) is 0.250. The Morgan fingerprint density at radius 1 is 1.33 bits per heavy atom. The Hall–Kier alpha value is -2.37. The van der Waals surface area contributed by atoms with Gasteiger partial charge in [-0.05, 0) is 26.8 Å². The molecule has 0 aliphatic heterocycles. The number of aromatic amines is 2. The molecule has 2 heterocycles. The van der Waals surface area contributed by atoms with E-state index in [1.807, 2.05) is 6.92 Å². The van der Waals surface area contributed by atoms with E-state index in [2.05, 4.69) is 20.5 Å². The molecule has 94 valence electrons. The van der Waals surface area contributed by atoms with E-state index in [0.717, 1.165) is 11.4 Å². The predicted molar refractivity (Wildman–Crippen MR) is 66.8 cm³/mol. The molecule has 6 heteroatoms. The second-order valence-electron chi connectivity index (χ2n) is 4.12. The van der Waals surface area contributed by atoms with Gasteiger partial charge < -0.3 is 10.3 Å². The Bertz CT molecular complexity index is 590. The van der Waals surface area contributed by atoms with Gasteiger partial charge in [0.2, 0.25) is 0 Å². The molecule has 0 saturated heterocycles. The molecular formula is C12H14N4O2. The van der Waals surface area contributed by atoms with Gasteiger partial charge in [0.25, 0.3) is 5.91 Å². The molecule has 2 aromatic rings. The number of amides is 1. The number of H-pyrrole nitrogens is 2. The number of aromatic nitrogens is 3. The van der Waals surface area contributed by atoms with Crippen molar-refractivity contribution in [3.8, 4) is 0 Å². The fourth-order valence-corrected chi connectivity index (χ4v) is 1.64. The number of aryl methyl sites for hydroxylation is 2. The molecular weight excluding hydrogens is 232 g/mol. The summed E-state index contributed by atoms with van der Waals surface area (Å²) in [5.41, 5.74) is 3.01. The first-order valence-corrected chi connectivity index (χ1v) is 5.51. The smallest absolute Gasteiger partial charge is 0.272 e. The second-order valence-corrected chi connectivity index (χ2v) is 4.12. The number of nitrogens with zero attached hydrogens (tertiary/aromatic N) is 1. The van der Waals surface area contributed by atoms with E-state index in [9.17, 15) is 9.59 Å². The molecule has 0 saturated carbocycles. The minimum atomic E-state index is -0.296. The summed E-state index contributed by atoms with van der Waals surface area (Å²) < 4.78 is 0. The molecule has 3 N–H and O–H groups in total. The monoisotopic (exact) mass is 246 g/mol. The van der Waals surface area contributed by atoms with Gasteiger partial charge in [-0.15, -0.1) is 0 Å². The minimum absolute atomic E-state index is 0.0824. The van der Waals surface area contributed by atoms with E-state index < -0.39 is 0 Å². The number of anilines is 1. The second kappa shape index (κ2) is 4.48. The van der Waals surface area contributed by atoms with Crippen LogP contribution in [0.15, 0.2) is 12.3 Å². The first kappa shape index (κ1) is 12.1. The van der Waals surface area contributed by atoms with Crippen LogP contribution in [0.3, 0.4) is 0 Å². The molecule has 0 fully saturated rings. The fourth-order valence-electron chi connectivity index (χ4n) is 1.64. The quantitative estimate of drug-likeness (QED) is 0.721. The highest BCUT2D eigenvalue weighted by Crippen LogP contribution is 2.17. The van der Waals surface area contributed by atoms with Crippen molar-refractivity contribution in [1.29, 1.82) is 0 Å². The van der Waals surface area contributed by atoms with Crippen LogP contribution in [-0.2, 0) is 0 Å². The number of Topliss-reactive ketones (excluding diaryl/α,β-unsaturated/α-hetero) is 1. The summed E-state index contributed by atoms with van der Waals surface area (Å²) in [5, 5.41) is 9.53. The number of hydrogen-bond donors (Lipinski definition) is 3. The maximum atomic E-state index is 12.0. The van der Waals surface area contributed by atoms with Crippen LogP contribution in [0.5, 0.6) is 0 Å². The average Bonchev–Trinajstić information content (AvgIpc) is 2.91. The molecule has 0 aliphatic rings. The normalized spacial score (nSPS) is 10.4. The highest BCUT2D eigenvalue weighted by Gasteiger charge is 2.14. The van der Waals surface area contributed by atoms with Gasteiger partial charge in [-0.1, -0.05) is 0 Å². The maximum Gasteiger partial charge on any atom is 0.272 e. The molecule has 0 spiro atoms. The van der Waals surface area contributed by atoms with E-state index in [0.29, 0.717) is 16.9 Å². The summed E-state index contributed by atoms with van der Waals surface area (Å²) in [6.07, 6.45) is 1.52. The first-order chi connectivity index (χ1) is 8.49. The molecule has 2 aromatic heterocycles. The number of hydrogen-bond acceptors (Lipinski definition) is 3. The van der Waals surface area contributed by atoms with Crippen molar-refractivity contribution >= 4 is 17.4 Å². The van der Waals surface area contributed by atoms with Crippen LogP contribution < -0.4 is 5.32 Å². The van der Waals surface area contributed by atoms with E-state index in [1.54, 1.807) is 6.92 Å². The molecule has 18 heavy (non-hydrogen) atoms. The lowest BCUT2D eigenvalue weighted by molar-refractivity contribution is 0.101. The Balaban J connectivity index is 2.19. The molecule has 6 nitrogen and oxygen atoms in total. The van der Waals surface area contributed by atoms with Crippen molar-refractivity contribution in [2.45, 2.75) is 20.8 Å². The molecule has 1 amide bonds. The van der Waals surface area contributed by atoms with E-state index in [1.165, 1.54) is 19.2 Å². The number of nitrogens with one attached hydrogen (secondary N) is 3. The average molecular weight is 246 g/mol. The summed E-state index contributed by atoms with van der Waals surface area (Å²) in [4.78, 5) is 25.9. The number of carbonyl (C=O) groups is 2. The molecule has 0 atom stereocenters. The number of rotatable bonds is 3. The lowest BCUT2D eigenvalue weighted by Crippen LogP contribution is -2.13. The van der Waals surface area contributed by atoms with Gasteiger partial charge in [0.05, 0.1) is 17.1 Å². The molecule has 0 aliphatic carbocycles. The van der Waals surface area contributed by atoms with Gasteiger partial charge in [-0.2, -0.15) is 5.10 Å². The number of carbonyl (C=O) groups excluding carboxylic acids is 2. The maximum absolute atomic E-state index is 12.0. The van der Waals surface area contributed by atoms with Crippen LogP contribution in [0, 0.1) is 13.8 Å². The van der Waals surface area contributed by atoms with Crippen molar-refractivity contribution in [3.63, 3.8) is 0 Å². The third kappa shape index (κ3) is 2.17. The molecule has 0 radical (unpaired) electrons. The third-order valence-corrected chi connectivity index (χ3v) is 2.70. The Kier molecular flexibility index (Phi) is 3.01. The van der Waals surface area contributed by atoms with Gasteiger partial charge in [0.15, 0.2) is 5.78 Å². The Labute approximate surface area is 104 Å². The molecule has 2 rings (SSSR count). The topological polar surface area (TPSA) is 90.6 Å². The lowest BCUT2D eigenvalue weighted by atomic mass is 10.2. The summed E-state index contributed by atoms with van der Waals surface area (Å²) in [7, 11) is 0. The summed E-state index contributed by atoms with van der Waals surface area (Å²) in [6, 6.07) is 1.53. The van der Waals surface area contributed by atoms with Crippen LogP contribution >= 0.6 is 0 Å². The highest BCUT2D eigenvalue weighted by atomic mass is 16.2. The van der Waals surface area contributed by atoms with E-state index in [4.69, 9.17) is 0 Å². The zero-order valence-corrected chi connectivity index (χ0v) is 10.4. The molecule has 0 unspecified atom stereocenters. The molecule has 0 aromatic carbocycles. The lowest BCUT2D eigenvalue weighted by Gasteiger charge is -2.03.